The standard InChI is InChI=1S/C13H19N3OS/c14-13-16-11(7-18-13)5-12(17)15-6-10-4-8-1-2-9(10)3-8/h7-10H,1-6H2,(H2,14,16)(H,15,17). The summed E-state index contributed by atoms with van der Waals surface area (Å²) in [7, 11) is 0. The van der Waals surface area contributed by atoms with Crippen molar-refractivity contribution in [1.29, 1.82) is 0 Å². The minimum absolute atomic E-state index is 0.0723. The molecule has 98 valence electrons. The van der Waals surface area contributed by atoms with Crippen LogP contribution in [0.1, 0.15) is 31.4 Å². The van der Waals surface area contributed by atoms with E-state index in [1.165, 1.54) is 37.0 Å². The van der Waals surface area contributed by atoms with Crippen LogP contribution in [-0.4, -0.2) is 17.4 Å². The lowest BCUT2D eigenvalue weighted by Gasteiger charge is -2.21. The molecule has 0 radical (unpaired) electrons. The van der Waals surface area contributed by atoms with Crippen LogP contribution in [0.3, 0.4) is 0 Å². The average Bonchev–Trinajstić information content (AvgIpc) is 3.03. The van der Waals surface area contributed by atoms with Gasteiger partial charge in [0, 0.05) is 11.9 Å². The molecule has 18 heavy (non-hydrogen) atoms. The molecule has 2 bridgehead atoms. The molecule has 0 spiro atoms. The Morgan fingerprint density at radius 1 is 1.50 bits per heavy atom. The molecule has 1 aromatic heterocycles. The molecule has 0 aromatic carbocycles. The fourth-order valence-corrected chi connectivity index (χ4v) is 4.07. The van der Waals surface area contributed by atoms with Gasteiger partial charge in [0.15, 0.2) is 5.13 Å². The number of nitrogens with one attached hydrogen (secondary N) is 1. The summed E-state index contributed by atoms with van der Waals surface area (Å²) in [4.78, 5) is 15.9. The van der Waals surface area contributed by atoms with Crippen LogP contribution < -0.4 is 11.1 Å². The third-order valence-electron chi connectivity index (χ3n) is 4.36. The van der Waals surface area contributed by atoms with Gasteiger partial charge in [-0.15, -0.1) is 11.3 Å². The number of hydrogen-bond acceptors (Lipinski definition) is 4. The Kier molecular flexibility index (Phi) is 3.24. The summed E-state index contributed by atoms with van der Waals surface area (Å²) in [5, 5.41) is 5.44. The number of amides is 1. The van der Waals surface area contributed by atoms with Crippen molar-refractivity contribution in [1.82, 2.24) is 10.3 Å². The van der Waals surface area contributed by atoms with Crippen LogP contribution in [0.25, 0.3) is 0 Å². The molecule has 2 aliphatic carbocycles. The first-order chi connectivity index (χ1) is 8.70. The van der Waals surface area contributed by atoms with Gasteiger partial charge in [0.05, 0.1) is 12.1 Å². The Balaban J connectivity index is 1.44. The first kappa shape index (κ1) is 12.0. The Labute approximate surface area is 111 Å². The summed E-state index contributed by atoms with van der Waals surface area (Å²) in [6.45, 7) is 0.847. The van der Waals surface area contributed by atoms with Crippen LogP contribution in [0.15, 0.2) is 5.38 Å². The molecular formula is C13H19N3OS. The molecule has 1 amide bonds. The molecule has 3 unspecified atom stereocenters. The lowest BCUT2D eigenvalue weighted by atomic mass is 9.89. The average molecular weight is 265 g/mol. The molecule has 0 aliphatic heterocycles. The van der Waals surface area contributed by atoms with E-state index in [0.29, 0.717) is 17.5 Å². The normalized spacial score (nSPS) is 29.7. The topological polar surface area (TPSA) is 68.0 Å². The van der Waals surface area contributed by atoms with Crippen LogP contribution in [0.2, 0.25) is 0 Å². The molecule has 3 N–H and O–H groups in total. The SMILES string of the molecule is Nc1nc(CC(=O)NCC2CC3CCC2C3)cs1. The number of rotatable bonds is 4. The fourth-order valence-electron chi connectivity index (χ4n) is 3.50. The number of nitrogens with two attached hydrogens (primary N) is 1. The van der Waals surface area contributed by atoms with Crippen LogP contribution in [0.5, 0.6) is 0 Å². The Hall–Kier alpha value is -1.10. The summed E-state index contributed by atoms with van der Waals surface area (Å²) in [6.07, 6.45) is 5.84. The van der Waals surface area contributed by atoms with Gasteiger partial charge in [-0.25, -0.2) is 4.98 Å². The zero-order valence-corrected chi connectivity index (χ0v) is 11.2. The molecule has 2 fully saturated rings. The summed E-state index contributed by atoms with van der Waals surface area (Å²) in [5.74, 6) is 2.59. The van der Waals surface area contributed by atoms with Crippen molar-refractivity contribution >= 4 is 22.4 Å². The highest BCUT2D eigenvalue weighted by Crippen LogP contribution is 2.47. The summed E-state index contributed by atoms with van der Waals surface area (Å²) >= 11 is 1.39. The van der Waals surface area contributed by atoms with Gasteiger partial charge in [-0.2, -0.15) is 0 Å². The van der Waals surface area contributed by atoms with Crippen LogP contribution in [0, 0.1) is 17.8 Å². The van der Waals surface area contributed by atoms with E-state index in [4.69, 9.17) is 5.73 Å². The van der Waals surface area contributed by atoms with Gasteiger partial charge in [0.25, 0.3) is 0 Å². The number of nitrogen functional groups attached to an aromatic ring is 1. The summed E-state index contributed by atoms with van der Waals surface area (Å²) < 4.78 is 0. The van der Waals surface area contributed by atoms with Gasteiger partial charge in [0.1, 0.15) is 0 Å². The molecule has 3 rings (SSSR count). The molecule has 1 heterocycles. The van der Waals surface area contributed by atoms with Crippen molar-refractivity contribution in [3.63, 3.8) is 0 Å². The van der Waals surface area contributed by atoms with Crippen LogP contribution in [0.4, 0.5) is 5.13 Å². The third-order valence-corrected chi connectivity index (χ3v) is 5.08. The number of nitrogens with zero attached hydrogens (tertiary/aromatic N) is 1. The Morgan fingerprint density at radius 2 is 2.39 bits per heavy atom. The van der Waals surface area contributed by atoms with Crippen molar-refractivity contribution in [3.8, 4) is 0 Å². The zero-order valence-electron chi connectivity index (χ0n) is 10.4. The van der Waals surface area contributed by atoms with E-state index in [9.17, 15) is 4.79 Å². The van der Waals surface area contributed by atoms with Crippen molar-refractivity contribution < 1.29 is 4.79 Å². The lowest BCUT2D eigenvalue weighted by Crippen LogP contribution is -2.32. The number of carbonyl (C=O) groups excluding carboxylic acids is 1. The van der Waals surface area contributed by atoms with Gasteiger partial charge in [0.2, 0.25) is 5.91 Å². The number of thiazole rings is 1. The minimum atomic E-state index is 0.0723. The van der Waals surface area contributed by atoms with Crippen LogP contribution >= 0.6 is 11.3 Å². The van der Waals surface area contributed by atoms with Crippen molar-refractivity contribution in [2.24, 2.45) is 17.8 Å². The number of carbonyl (C=O) groups is 1. The van der Waals surface area contributed by atoms with E-state index < -0.39 is 0 Å². The van der Waals surface area contributed by atoms with Crippen molar-refractivity contribution in [2.75, 3.05) is 12.3 Å². The van der Waals surface area contributed by atoms with E-state index in [2.05, 4.69) is 10.3 Å². The molecule has 5 heteroatoms. The van der Waals surface area contributed by atoms with E-state index in [-0.39, 0.29) is 5.91 Å². The Morgan fingerprint density at radius 3 is 3.00 bits per heavy atom. The van der Waals surface area contributed by atoms with E-state index >= 15 is 0 Å². The highest BCUT2D eigenvalue weighted by Gasteiger charge is 2.39. The highest BCUT2D eigenvalue weighted by atomic mass is 32.1. The van der Waals surface area contributed by atoms with Gasteiger partial charge >= 0.3 is 0 Å². The van der Waals surface area contributed by atoms with E-state index in [1.807, 2.05) is 5.38 Å². The predicted octanol–water partition coefficient (Wildman–Crippen LogP) is 1.82. The minimum Gasteiger partial charge on any atom is -0.375 e. The molecule has 2 aliphatic rings. The van der Waals surface area contributed by atoms with Crippen molar-refractivity contribution in [2.45, 2.75) is 32.1 Å². The fraction of sp³-hybridized carbons (Fsp3) is 0.692. The Bertz CT molecular complexity index is 445. The summed E-state index contributed by atoms with van der Waals surface area (Å²) in [5.41, 5.74) is 6.33. The largest absolute Gasteiger partial charge is 0.375 e. The monoisotopic (exact) mass is 265 g/mol. The number of anilines is 1. The van der Waals surface area contributed by atoms with E-state index in [0.717, 1.165) is 24.1 Å². The number of aromatic nitrogens is 1. The molecule has 2 saturated carbocycles. The number of fused-ring (bicyclic) bond motifs is 2. The molecule has 4 nitrogen and oxygen atoms in total. The first-order valence-electron chi connectivity index (χ1n) is 6.67. The zero-order chi connectivity index (χ0) is 12.5. The number of hydrogen-bond donors (Lipinski definition) is 2. The van der Waals surface area contributed by atoms with Gasteiger partial charge < -0.3 is 11.1 Å². The second kappa shape index (κ2) is 4.88. The predicted molar refractivity (Wildman–Crippen MR) is 72.2 cm³/mol. The maximum atomic E-state index is 11.8. The van der Waals surface area contributed by atoms with Gasteiger partial charge in [-0.05, 0) is 37.0 Å². The third kappa shape index (κ3) is 2.51. The van der Waals surface area contributed by atoms with Gasteiger partial charge in [-0.3, -0.25) is 4.79 Å². The summed E-state index contributed by atoms with van der Waals surface area (Å²) in [6, 6.07) is 0. The lowest BCUT2D eigenvalue weighted by molar-refractivity contribution is -0.120. The second-order valence-electron chi connectivity index (χ2n) is 5.59. The first-order valence-corrected chi connectivity index (χ1v) is 7.55. The maximum absolute atomic E-state index is 11.8. The highest BCUT2D eigenvalue weighted by molar-refractivity contribution is 7.13. The molecule has 0 saturated heterocycles. The van der Waals surface area contributed by atoms with E-state index in [1.54, 1.807) is 0 Å². The van der Waals surface area contributed by atoms with Crippen LogP contribution in [-0.2, 0) is 11.2 Å². The molecule has 3 atom stereocenters. The second-order valence-corrected chi connectivity index (χ2v) is 6.48. The maximum Gasteiger partial charge on any atom is 0.226 e. The van der Waals surface area contributed by atoms with Crippen molar-refractivity contribution in [3.05, 3.63) is 11.1 Å². The smallest absolute Gasteiger partial charge is 0.226 e. The molecule has 1 aromatic rings. The van der Waals surface area contributed by atoms with Gasteiger partial charge in [-0.1, -0.05) is 6.42 Å². The molecular weight excluding hydrogens is 246 g/mol. The quantitative estimate of drug-likeness (QED) is 0.872.